The minimum atomic E-state index is -0.208. The van der Waals surface area contributed by atoms with Gasteiger partial charge in [-0.1, -0.05) is 6.07 Å². The second kappa shape index (κ2) is 6.29. The number of thioether (sulfide) groups is 1. The predicted octanol–water partition coefficient (Wildman–Crippen LogP) is 2.33. The zero-order valence-electron chi connectivity index (χ0n) is 13.7. The molecule has 0 spiro atoms. The Morgan fingerprint density at radius 3 is 3.08 bits per heavy atom. The first kappa shape index (κ1) is 15.8. The van der Waals surface area contributed by atoms with Gasteiger partial charge in [-0.05, 0) is 24.5 Å². The number of rotatable bonds is 2. The third-order valence-corrected chi connectivity index (χ3v) is 5.03. The summed E-state index contributed by atoms with van der Waals surface area (Å²) < 4.78 is 1.40. The van der Waals surface area contributed by atoms with E-state index in [-0.39, 0.29) is 18.1 Å². The molecule has 1 aromatic carbocycles. The van der Waals surface area contributed by atoms with Crippen molar-refractivity contribution in [2.75, 3.05) is 18.1 Å². The highest BCUT2D eigenvalue weighted by molar-refractivity contribution is 7.98. The van der Waals surface area contributed by atoms with Crippen molar-refractivity contribution in [2.24, 2.45) is 0 Å². The van der Waals surface area contributed by atoms with Gasteiger partial charge in [0, 0.05) is 35.8 Å². The van der Waals surface area contributed by atoms with Gasteiger partial charge in [-0.25, -0.2) is 14.3 Å². The van der Waals surface area contributed by atoms with E-state index in [4.69, 9.17) is 0 Å². The summed E-state index contributed by atoms with van der Waals surface area (Å²) in [5, 5.41) is 5.76. The summed E-state index contributed by atoms with van der Waals surface area (Å²) in [6.07, 6.45) is 4.24. The molecule has 0 saturated heterocycles. The minimum Gasteiger partial charge on any atom is -0.320 e. The summed E-state index contributed by atoms with van der Waals surface area (Å²) in [6.45, 7) is 0.797. The number of amides is 2. The highest BCUT2D eigenvalue weighted by Gasteiger charge is 2.25. The van der Waals surface area contributed by atoms with E-state index in [0.717, 1.165) is 16.3 Å². The van der Waals surface area contributed by atoms with Gasteiger partial charge < -0.3 is 10.2 Å². The first-order valence-electron chi connectivity index (χ1n) is 7.93. The fourth-order valence-corrected chi connectivity index (χ4v) is 3.45. The van der Waals surface area contributed by atoms with E-state index in [0.29, 0.717) is 24.2 Å². The third kappa shape index (κ3) is 2.89. The molecule has 2 N–H and O–H groups in total. The highest BCUT2D eigenvalue weighted by atomic mass is 32.2. The Morgan fingerprint density at radius 2 is 2.24 bits per heavy atom. The molecule has 128 valence electrons. The number of urea groups is 1. The number of benzene rings is 1. The molecule has 0 fully saturated rings. The molecule has 1 aliphatic heterocycles. The van der Waals surface area contributed by atoms with Crippen molar-refractivity contribution in [2.45, 2.75) is 17.9 Å². The smallest absolute Gasteiger partial charge is 0.320 e. The van der Waals surface area contributed by atoms with Crippen LogP contribution in [0.5, 0.6) is 0 Å². The summed E-state index contributed by atoms with van der Waals surface area (Å²) in [7, 11) is 0. The van der Waals surface area contributed by atoms with Gasteiger partial charge in [0.25, 0.3) is 5.56 Å². The molecule has 3 aromatic rings. The van der Waals surface area contributed by atoms with Crippen LogP contribution < -0.4 is 10.9 Å². The Labute approximate surface area is 148 Å². The molecule has 2 aromatic heterocycles. The molecule has 1 aliphatic rings. The number of carbonyl (C=O) groups is 1. The van der Waals surface area contributed by atoms with Crippen LogP contribution in [0, 0.1) is 0 Å². The summed E-state index contributed by atoms with van der Waals surface area (Å²) in [4.78, 5) is 32.4. The molecule has 25 heavy (non-hydrogen) atoms. The van der Waals surface area contributed by atoms with Gasteiger partial charge in [-0.3, -0.25) is 9.89 Å². The molecule has 0 saturated carbocycles. The summed E-state index contributed by atoms with van der Waals surface area (Å²) in [5.74, 6) is 0. The Balaban J connectivity index is 1.57. The number of hydrogen-bond donors (Lipinski definition) is 2. The monoisotopic (exact) mass is 355 g/mol. The van der Waals surface area contributed by atoms with Crippen LogP contribution >= 0.6 is 11.8 Å². The predicted molar refractivity (Wildman–Crippen MR) is 97.2 cm³/mol. The number of aromatic amines is 1. The van der Waals surface area contributed by atoms with Crippen LogP contribution in [0.4, 0.5) is 10.5 Å². The maximum absolute atomic E-state index is 12.6. The Kier molecular flexibility index (Phi) is 3.96. The number of carbonyl (C=O) groups excluding carboxylic acids is 1. The van der Waals surface area contributed by atoms with E-state index < -0.39 is 0 Å². The fraction of sp³-hybridized carbons (Fsp3) is 0.235. The summed E-state index contributed by atoms with van der Waals surface area (Å²) in [5.41, 5.74) is 2.55. The Bertz CT molecular complexity index is 1010. The maximum atomic E-state index is 12.6. The topological polar surface area (TPSA) is 82.5 Å². The number of fused-ring (bicyclic) bond motifs is 2. The number of nitrogens with zero attached hydrogens (tertiary/aromatic N) is 3. The second-order valence-electron chi connectivity index (χ2n) is 5.83. The van der Waals surface area contributed by atoms with Gasteiger partial charge in [0.15, 0.2) is 5.65 Å². The summed E-state index contributed by atoms with van der Waals surface area (Å²) >= 11 is 1.62. The lowest BCUT2D eigenvalue weighted by atomic mass is 10.1. The average molecular weight is 355 g/mol. The number of aromatic nitrogens is 3. The van der Waals surface area contributed by atoms with Crippen LogP contribution in [0.25, 0.3) is 5.65 Å². The van der Waals surface area contributed by atoms with Gasteiger partial charge in [0.2, 0.25) is 0 Å². The zero-order valence-corrected chi connectivity index (χ0v) is 14.5. The van der Waals surface area contributed by atoms with E-state index in [9.17, 15) is 9.59 Å². The maximum Gasteiger partial charge on any atom is 0.322 e. The molecule has 0 bridgehead atoms. The molecule has 0 radical (unpaired) electrons. The van der Waals surface area contributed by atoms with Crippen molar-refractivity contribution in [3.63, 3.8) is 0 Å². The zero-order chi connectivity index (χ0) is 17.4. The molecular formula is C17H17N5O2S. The van der Waals surface area contributed by atoms with Crippen molar-refractivity contribution in [1.29, 1.82) is 0 Å². The standard InChI is InChI=1S/C17H17N5O2S/c1-25-12-4-2-3-11(9-12)19-17(24)21-8-6-14-13(10-21)16(23)22-15(20-14)5-7-18-22/h2-5,7,9,18H,6,8,10H2,1H3,(H,19,24). The van der Waals surface area contributed by atoms with Crippen LogP contribution in [-0.4, -0.2) is 38.3 Å². The SMILES string of the molecule is CSc1cccc(NC(=O)N2CCc3nc4cc[nH]n4c(=O)c3C2)c1. The lowest BCUT2D eigenvalue weighted by molar-refractivity contribution is 0.205. The molecular weight excluding hydrogens is 338 g/mol. The number of nitrogens with one attached hydrogen (secondary N) is 2. The summed E-state index contributed by atoms with van der Waals surface area (Å²) in [6, 6.07) is 9.24. The van der Waals surface area contributed by atoms with Crippen molar-refractivity contribution in [3.05, 3.63) is 58.1 Å². The van der Waals surface area contributed by atoms with Crippen LogP contribution in [0.2, 0.25) is 0 Å². The lowest BCUT2D eigenvalue weighted by Gasteiger charge is -2.27. The van der Waals surface area contributed by atoms with Crippen LogP contribution in [0.1, 0.15) is 11.3 Å². The van der Waals surface area contributed by atoms with Crippen LogP contribution in [-0.2, 0) is 13.0 Å². The third-order valence-electron chi connectivity index (χ3n) is 4.30. The van der Waals surface area contributed by atoms with Crippen molar-refractivity contribution >= 4 is 29.1 Å². The van der Waals surface area contributed by atoms with E-state index in [2.05, 4.69) is 15.4 Å². The highest BCUT2D eigenvalue weighted by Crippen LogP contribution is 2.20. The van der Waals surface area contributed by atoms with E-state index in [1.54, 1.807) is 28.9 Å². The lowest BCUT2D eigenvalue weighted by Crippen LogP contribution is -2.42. The van der Waals surface area contributed by atoms with Gasteiger partial charge in [0.05, 0.1) is 17.8 Å². The van der Waals surface area contributed by atoms with E-state index in [1.807, 2.05) is 30.5 Å². The fourth-order valence-electron chi connectivity index (χ4n) is 2.99. The number of H-pyrrole nitrogens is 1. The molecule has 3 heterocycles. The van der Waals surface area contributed by atoms with Crippen LogP contribution in [0.3, 0.4) is 0 Å². The van der Waals surface area contributed by atoms with Gasteiger partial charge in [-0.15, -0.1) is 11.8 Å². The van der Waals surface area contributed by atoms with Crippen molar-refractivity contribution in [3.8, 4) is 0 Å². The first-order valence-corrected chi connectivity index (χ1v) is 9.16. The van der Waals surface area contributed by atoms with Crippen molar-refractivity contribution < 1.29 is 4.79 Å². The second-order valence-corrected chi connectivity index (χ2v) is 6.71. The molecule has 8 heteroatoms. The van der Waals surface area contributed by atoms with E-state index >= 15 is 0 Å². The number of anilines is 1. The molecule has 0 aliphatic carbocycles. The molecule has 7 nitrogen and oxygen atoms in total. The molecule has 0 atom stereocenters. The normalized spacial score (nSPS) is 13.7. The largest absolute Gasteiger partial charge is 0.322 e. The Morgan fingerprint density at radius 1 is 1.36 bits per heavy atom. The Hall–Kier alpha value is -2.74. The van der Waals surface area contributed by atoms with Gasteiger partial charge in [0.1, 0.15) is 0 Å². The quantitative estimate of drug-likeness (QED) is 0.691. The molecule has 0 unspecified atom stereocenters. The number of hydrogen-bond acceptors (Lipinski definition) is 4. The van der Waals surface area contributed by atoms with Crippen molar-refractivity contribution in [1.82, 2.24) is 19.5 Å². The average Bonchev–Trinajstić information content (AvgIpc) is 3.10. The van der Waals surface area contributed by atoms with Gasteiger partial charge >= 0.3 is 6.03 Å². The molecule has 2 amide bonds. The van der Waals surface area contributed by atoms with Crippen LogP contribution in [0.15, 0.2) is 46.2 Å². The minimum absolute atomic E-state index is 0.146. The van der Waals surface area contributed by atoms with E-state index in [1.165, 1.54) is 4.52 Å². The van der Waals surface area contributed by atoms with Gasteiger partial charge in [-0.2, -0.15) is 0 Å². The molecule has 4 rings (SSSR count). The first-order chi connectivity index (χ1) is 12.2.